The van der Waals surface area contributed by atoms with Crippen LogP contribution in [0.2, 0.25) is 0 Å². The van der Waals surface area contributed by atoms with Crippen molar-refractivity contribution in [2.75, 3.05) is 33.4 Å². The number of hydrogen-bond acceptors (Lipinski definition) is 8. The van der Waals surface area contributed by atoms with Crippen molar-refractivity contribution in [1.29, 1.82) is 0 Å². The number of sulfonamides is 1. The first-order chi connectivity index (χ1) is 15.7. The minimum atomic E-state index is -3.82. The Morgan fingerprint density at radius 2 is 1.79 bits per heavy atom. The predicted octanol–water partition coefficient (Wildman–Crippen LogP) is -1.66. The third-order valence-corrected chi connectivity index (χ3v) is 9.01. The number of benzene rings is 1. The Labute approximate surface area is 205 Å². The second-order valence-corrected chi connectivity index (χ2v) is 12.9. The summed E-state index contributed by atoms with van der Waals surface area (Å²) in [6, 6.07) is 6.11. The van der Waals surface area contributed by atoms with E-state index in [2.05, 4.69) is 3.53 Å². The molecule has 1 aliphatic heterocycles. The molecule has 33 heavy (non-hydrogen) atoms. The van der Waals surface area contributed by atoms with E-state index in [0.717, 1.165) is 0 Å². The molecule has 0 bridgehead atoms. The molecule has 0 radical (unpaired) electrons. The Balaban J connectivity index is 1.52. The van der Waals surface area contributed by atoms with Gasteiger partial charge in [-0.1, -0.05) is 0 Å². The quantitative estimate of drug-likeness (QED) is 0.186. The number of rotatable bonds is 10. The van der Waals surface area contributed by atoms with Crippen LogP contribution in [0.5, 0.6) is 5.75 Å². The van der Waals surface area contributed by atoms with Crippen molar-refractivity contribution < 1.29 is 58.7 Å². The third kappa shape index (κ3) is 7.39. The number of halogens is 1. The zero-order chi connectivity index (χ0) is 24.0. The number of fused-ring (bicyclic) bond motifs is 1. The van der Waals surface area contributed by atoms with E-state index in [1.807, 2.05) is 13.8 Å². The van der Waals surface area contributed by atoms with E-state index in [0.29, 0.717) is 31.8 Å². The van der Waals surface area contributed by atoms with Gasteiger partial charge >= 0.3 is 206 Å². The zero-order valence-corrected chi connectivity index (χ0v) is 22.0. The second kappa shape index (κ2) is 12.0. The molecule has 10 nitrogen and oxygen atoms in total. The van der Waals surface area contributed by atoms with Gasteiger partial charge in [0.2, 0.25) is 0 Å². The van der Waals surface area contributed by atoms with Gasteiger partial charge in [0.15, 0.2) is 0 Å². The molecule has 1 heterocycles. The summed E-state index contributed by atoms with van der Waals surface area (Å²) in [7, 11) is -2.31. The normalized spacial score (nSPS) is 24.0. The van der Waals surface area contributed by atoms with Gasteiger partial charge < -0.3 is 0 Å². The fraction of sp³-hybridized carbons (Fsp3) is 0.667. The summed E-state index contributed by atoms with van der Waals surface area (Å²) in [5.74, 6) is 0.606. The van der Waals surface area contributed by atoms with Gasteiger partial charge in [0.1, 0.15) is 0 Å². The van der Waals surface area contributed by atoms with Crippen molar-refractivity contribution >= 4 is 16.1 Å². The number of amides is 1. The Morgan fingerprint density at radius 3 is 2.33 bits per heavy atom. The standard InChI is InChI=1S/C21H32IN2O8S/c1-14(2)12-24(33(27,28)17-6-4-15(29-3)5-7-17)13-20(25)22-23-21(26)32-16-10-18-19(11-16)31-9-8-30-18/h4-7,14,16,18-20,25H,8-13H2,1-3H3,(H,23,26)/q-1/t16?,18-,19+,20?. The van der Waals surface area contributed by atoms with Crippen molar-refractivity contribution in [3.8, 4) is 5.75 Å². The van der Waals surface area contributed by atoms with E-state index in [4.69, 9.17) is 18.9 Å². The van der Waals surface area contributed by atoms with Crippen molar-refractivity contribution in [3.05, 3.63) is 24.3 Å². The van der Waals surface area contributed by atoms with Gasteiger partial charge in [-0.2, -0.15) is 0 Å². The maximum absolute atomic E-state index is 13.1. The van der Waals surface area contributed by atoms with Gasteiger partial charge in [-0.15, -0.1) is 0 Å². The average Bonchev–Trinajstić information content (AvgIpc) is 3.19. The Hall–Kier alpha value is -1.19. The molecule has 0 aromatic heterocycles. The molecule has 2 aliphatic rings. The first-order valence-corrected chi connectivity index (χ1v) is 14.6. The zero-order valence-electron chi connectivity index (χ0n) is 19.0. The van der Waals surface area contributed by atoms with E-state index in [-0.39, 0.29) is 42.2 Å². The molecule has 1 aromatic carbocycles. The predicted molar refractivity (Wildman–Crippen MR) is 115 cm³/mol. The summed E-state index contributed by atoms with van der Waals surface area (Å²) in [5.41, 5.74) is 0. The maximum atomic E-state index is 13.1. The van der Waals surface area contributed by atoms with Crippen molar-refractivity contribution in [3.63, 3.8) is 0 Å². The van der Waals surface area contributed by atoms with Crippen molar-refractivity contribution in [2.24, 2.45) is 5.92 Å². The van der Waals surface area contributed by atoms with E-state index in [9.17, 15) is 18.3 Å². The number of hydrogen-bond donors (Lipinski definition) is 2. The first kappa shape index (κ1) is 26.4. The molecule has 1 amide bonds. The molecule has 2 unspecified atom stereocenters. The third-order valence-electron chi connectivity index (χ3n) is 5.30. The summed E-state index contributed by atoms with van der Waals surface area (Å²) in [6.45, 7) is 5.02. The molecule has 1 aromatic rings. The van der Waals surface area contributed by atoms with Gasteiger partial charge in [-0.3, -0.25) is 0 Å². The number of ether oxygens (including phenoxy) is 4. The fourth-order valence-corrected chi connectivity index (χ4v) is 7.11. The van der Waals surface area contributed by atoms with Crippen LogP contribution in [-0.2, 0) is 24.2 Å². The van der Waals surface area contributed by atoms with E-state index in [1.54, 1.807) is 12.1 Å². The number of carbonyl (C=O) groups excluding carboxylic acids is 1. The number of alkyl halides is 1. The number of nitrogens with one attached hydrogen (secondary N) is 1. The molecular weight excluding hydrogens is 567 g/mol. The fourth-order valence-electron chi connectivity index (χ4n) is 3.82. The van der Waals surface area contributed by atoms with Crippen LogP contribution >= 0.6 is 0 Å². The van der Waals surface area contributed by atoms with Crippen LogP contribution in [0.25, 0.3) is 0 Å². The summed E-state index contributed by atoms with van der Waals surface area (Å²) in [6.07, 6.45) is 0.155. The average molecular weight is 599 g/mol. The molecule has 2 N–H and O–H groups in total. The van der Waals surface area contributed by atoms with Crippen LogP contribution in [0.15, 0.2) is 29.2 Å². The number of carbonyl (C=O) groups is 1. The molecule has 1 aliphatic carbocycles. The van der Waals surface area contributed by atoms with E-state index in [1.165, 1.54) is 23.5 Å². The van der Waals surface area contributed by atoms with Crippen molar-refractivity contribution in [2.45, 2.75) is 54.0 Å². The Kier molecular flexibility index (Phi) is 9.59. The molecule has 4 atom stereocenters. The van der Waals surface area contributed by atoms with Crippen molar-refractivity contribution in [1.82, 2.24) is 7.84 Å². The summed E-state index contributed by atoms with van der Waals surface area (Å²) in [5, 5.41) is 10.5. The van der Waals surface area contributed by atoms with E-state index < -0.39 is 41.7 Å². The molecule has 0 spiro atoms. The van der Waals surface area contributed by atoms with Gasteiger partial charge in [-0.25, -0.2) is 0 Å². The second-order valence-electron chi connectivity index (χ2n) is 8.35. The van der Waals surface area contributed by atoms with Gasteiger partial charge in [0.25, 0.3) is 0 Å². The molecule has 1 saturated carbocycles. The van der Waals surface area contributed by atoms with Crippen LogP contribution in [0.4, 0.5) is 4.79 Å². The molecule has 1 saturated heterocycles. The van der Waals surface area contributed by atoms with Crippen LogP contribution < -0.4 is 29.7 Å². The van der Waals surface area contributed by atoms with Gasteiger partial charge in [0, 0.05) is 0 Å². The number of methoxy groups -OCH3 is 1. The van der Waals surface area contributed by atoms with Crippen LogP contribution in [-0.4, -0.2) is 79.8 Å². The van der Waals surface area contributed by atoms with Gasteiger partial charge in [-0.05, 0) is 0 Å². The summed E-state index contributed by atoms with van der Waals surface area (Å²) < 4.78 is 51.0. The number of aliphatic hydroxyl groups is 1. The number of aliphatic hydroxyl groups excluding tert-OH is 1. The molecule has 188 valence electrons. The SMILES string of the molecule is COc1ccc(S(=O)(=O)N(CC(C)C)CC(O)[I-]NC(=O)OC2C[C@@H]3OCCO[C@@H]3C2)cc1. The first-order valence-electron chi connectivity index (χ1n) is 10.8. The van der Waals surface area contributed by atoms with Crippen LogP contribution in [0, 0.1) is 5.92 Å². The minimum absolute atomic E-state index is 0.0513. The molecular formula is C21H32IN2O8S-. The van der Waals surface area contributed by atoms with Crippen LogP contribution in [0.1, 0.15) is 26.7 Å². The topological polar surface area (TPSA) is 124 Å². The van der Waals surface area contributed by atoms with Gasteiger partial charge in [0.05, 0.1) is 0 Å². The molecule has 12 heteroatoms. The Bertz CT molecular complexity index is 869. The summed E-state index contributed by atoms with van der Waals surface area (Å²) >= 11 is -1.26. The Morgan fingerprint density at radius 1 is 1.18 bits per heavy atom. The molecule has 2 fully saturated rings. The molecule has 3 rings (SSSR count). The number of nitrogens with zero attached hydrogens (tertiary/aromatic N) is 1. The monoisotopic (exact) mass is 599 g/mol. The van der Waals surface area contributed by atoms with Crippen LogP contribution in [0.3, 0.4) is 0 Å². The summed E-state index contributed by atoms with van der Waals surface area (Å²) in [4.78, 5) is 12.3. The van der Waals surface area contributed by atoms with E-state index >= 15 is 0 Å².